The van der Waals surface area contributed by atoms with Gasteiger partial charge in [0.25, 0.3) is 5.91 Å². The molecule has 0 fully saturated rings. The molecule has 0 atom stereocenters. The van der Waals surface area contributed by atoms with E-state index < -0.39 is 0 Å². The Morgan fingerprint density at radius 1 is 1.30 bits per heavy atom. The number of fused-ring (bicyclic) bond motifs is 1. The van der Waals surface area contributed by atoms with Crippen molar-refractivity contribution in [3.63, 3.8) is 0 Å². The number of benzene rings is 1. The summed E-state index contributed by atoms with van der Waals surface area (Å²) in [6.45, 7) is 4.17. The molecule has 0 bridgehead atoms. The Hall–Kier alpha value is -1.52. The smallest absolute Gasteiger partial charge is 0.281 e. The summed E-state index contributed by atoms with van der Waals surface area (Å²) in [5, 5.41) is 1.43. The predicted octanol–water partition coefficient (Wildman–Crippen LogP) is 4.49. The Kier molecular flexibility index (Phi) is 5.04. The van der Waals surface area contributed by atoms with Gasteiger partial charge in [0.1, 0.15) is 4.88 Å². The summed E-state index contributed by atoms with van der Waals surface area (Å²) in [5.41, 5.74) is 6.75. The van der Waals surface area contributed by atoms with E-state index in [4.69, 9.17) is 11.6 Å². The average molecular weight is 309 g/mol. The second-order valence-corrected chi connectivity index (χ2v) is 5.78. The molecule has 2 rings (SSSR count). The third-order valence-electron chi connectivity index (χ3n) is 3.11. The first-order chi connectivity index (χ1) is 9.67. The van der Waals surface area contributed by atoms with Crippen LogP contribution in [0.3, 0.4) is 0 Å². The summed E-state index contributed by atoms with van der Waals surface area (Å²) < 4.78 is 1.01. The molecule has 1 heterocycles. The quantitative estimate of drug-likeness (QED) is 0.799. The molecular weight excluding hydrogens is 292 g/mol. The number of rotatable bonds is 5. The van der Waals surface area contributed by atoms with E-state index in [1.165, 1.54) is 16.9 Å². The number of carbonyl (C=O) groups is 1. The van der Waals surface area contributed by atoms with E-state index in [-0.39, 0.29) is 5.91 Å². The normalized spacial score (nSPS) is 10.3. The fraction of sp³-hybridized carbons (Fsp3) is 0.267. The summed E-state index contributed by atoms with van der Waals surface area (Å²) >= 11 is 7.65. The predicted molar refractivity (Wildman–Crippen MR) is 86.1 cm³/mol. The molecule has 20 heavy (non-hydrogen) atoms. The lowest BCUT2D eigenvalue weighted by atomic mass is 10.2. The maximum Gasteiger partial charge on any atom is 0.281 e. The van der Waals surface area contributed by atoms with Crippen LogP contribution in [0.2, 0.25) is 5.02 Å². The molecule has 0 spiro atoms. The van der Waals surface area contributed by atoms with Crippen LogP contribution in [0.15, 0.2) is 36.0 Å². The molecule has 0 aliphatic rings. The van der Waals surface area contributed by atoms with E-state index >= 15 is 0 Å². The number of thiophene rings is 1. The number of amides is 1. The van der Waals surface area contributed by atoms with Crippen LogP contribution in [-0.2, 0) is 0 Å². The van der Waals surface area contributed by atoms with Crippen molar-refractivity contribution in [1.82, 2.24) is 10.9 Å². The lowest BCUT2D eigenvalue weighted by Gasteiger charge is -2.05. The number of carbonyl (C=O) groups excluding carboxylic acids is 1. The Morgan fingerprint density at radius 2 is 2.00 bits per heavy atom. The SMILES string of the molecule is CCC(=CNNC(=O)c1sc2ccccc2c1Cl)CC. The summed E-state index contributed by atoms with van der Waals surface area (Å²) in [5.74, 6) is -0.209. The van der Waals surface area contributed by atoms with Crippen molar-refractivity contribution >= 4 is 38.9 Å². The van der Waals surface area contributed by atoms with Gasteiger partial charge in [-0.2, -0.15) is 0 Å². The van der Waals surface area contributed by atoms with E-state index in [2.05, 4.69) is 24.7 Å². The highest BCUT2D eigenvalue weighted by atomic mass is 35.5. The molecule has 3 nitrogen and oxygen atoms in total. The summed E-state index contributed by atoms with van der Waals surface area (Å²) in [4.78, 5) is 12.6. The minimum Gasteiger partial charge on any atom is -0.306 e. The van der Waals surface area contributed by atoms with Gasteiger partial charge < -0.3 is 5.43 Å². The third-order valence-corrected chi connectivity index (χ3v) is 4.79. The molecule has 0 saturated carbocycles. The molecule has 1 aromatic heterocycles. The molecule has 2 aromatic rings. The van der Waals surface area contributed by atoms with Crippen LogP contribution in [-0.4, -0.2) is 5.91 Å². The second kappa shape index (κ2) is 6.77. The number of allylic oxidation sites excluding steroid dienone is 1. The highest BCUT2D eigenvalue weighted by Crippen LogP contribution is 2.34. The van der Waals surface area contributed by atoms with Gasteiger partial charge in [-0.1, -0.05) is 49.2 Å². The molecule has 1 amide bonds. The first-order valence-electron chi connectivity index (χ1n) is 6.58. The van der Waals surface area contributed by atoms with Crippen LogP contribution in [0.1, 0.15) is 36.4 Å². The van der Waals surface area contributed by atoms with Crippen molar-refractivity contribution in [1.29, 1.82) is 0 Å². The molecule has 0 unspecified atom stereocenters. The topological polar surface area (TPSA) is 41.1 Å². The van der Waals surface area contributed by atoms with Gasteiger partial charge in [-0.15, -0.1) is 11.3 Å². The minimum atomic E-state index is -0.209. The molecule has 0 aliphatic heterocycles. The molecule has 5 heteroatoms. The molecule has 0 saturated heterocycles. The van der Waals surface area contributed by atoms with Gasteiger partial charge in [-0.25, -0.2) is 0 Å². The van der Waals surface area contributed by atoms with Crippen LogP contribution in [0.5, 0.6) is 0 Å². The van der Waals surface area contributed by atoms with E-state index in [0.717, 1.165) is 22.9 Å². The maximum absolute atomic E-state index is 12.1. The summed E-state index contributed by atoms with van der Waals surface area (Å²) in [7, 11) is 0. The Bertz CT molecular complexity index is 642. The van der Waals surface area contributed by atoms with Gasteiger partial charge in [0.05, 0.1) is 5.02 Å². The Morgan fingerprint density at radius 3 is 2.65 bits per heavy atom. The molecule has 1 aromatic carbocycles. The monoisotopic (exact) mass is 308 g/mol. The van der Waals surface area contributed by atoms with Crippen molar-refractivity contribution < 1.29 is 4.79 Å². The van der Waals surface area contributed by atoms with Gasteiger partial charge in [0, 0.05) is 16.3 Å². The van der Waals surface area contributed by atoms with Crippen molar-refractivity contribution in [3.05, 3.63) is 45.9 Å². The van der Waals surface area contributed by atoms with E-state index in [0.29, 0.717) is 9.90 Å². The number of nitrogens with one attached hydrogen (secondary N) is 2. The maximum atomic E-state index is 12.1. The summed E-state index contributed by atoms with van der Waals surface area (Å²) in [6.07, 6.45) is 3.76. The van der Waals surface area contributed by atoms with Crippen molar-refractivity contribution in [2.75, 3.05) is 0 Å². The first kappa shape index (κ1) is 14.9. The fourth-order valence-electron chi connectivity index (χ4n) is 1.87. The Labute approximate surface area is 127 Å². The van der Waals surface area contributed by atoms with Crippen LogP contribution < -0.4 is 10.9 Å². The van der Waals surface area contributed by atoms with Gasteiger partial charge in [-0.3, -0.25) is 10.2 Å². The number of halogens is 1. The zero-order chi connectivity index (χ0) is 14.5. The zero-order valence-corrected chi connectivity index (χ0v) is 13.1. The Balaban J connectivity index is 2.12. The molecule has 0 radical (unpaired) electrons. The standard InChI is InChI=1S/C15H17ClN2OS/c1-3-10(4-2)9-17-18-15(19)14-13(16)11-7-5-6-8-12(11)20-14/h5-9,17H,3-4H2,1-2H3,(H,18,19). The minimum absolute atomic E-state index is 0.209. The average Bonchev–Trinajstić information content (AvgIpc) is 2.81. The van der Waals surface area contributed by atoms with Gasteiger partial charge in [-0.05, 0) is 18.9 Å². The first-order valence-corrected chi connectivity index (χ1v) is 7.77. The van der Waals surface area contributed by atoms with Crippen LogP contribution >= 0.6 is 22.9 Å². The summed E-state index contributed by atoms with van der Waals surface area (Å²) in [6, 6.07) is 7.73. The molecule has 106 valence electrons. The number of hydrazine groups is 1. The van der Waals surface area contributed by atoms with Gasteiger partial charge in [0.2, 0.25) is 0 Å². The molecule has 2 N–H and O–H groups in total. The van der Waals surface area contributed by atoms with Crippen LogP contribution in [0, 0.1) is 0 Å². The second-order valence-electron chi connectivity index (χ2n) is 4.35. The molecular formula is C15H17ClN2OS. The number of hydrogen-bond donors (Lipinski definition) is 2. The third kappa shape index (κ3) is 3.14. The largest absolute Gasteiger partial charge is 0.306 e. The highest BCUT2D eigenvalue weighted by Gasteiger charge is 2.16. The zero-order valence-electron chi connectivity index (χ0n) is 11.5. The lowest BCUT2D eigenvalue weighted by molar-refractivity contribution is 0.0945. The van der Waals surface area contributed by atoms with Crippen LogP contribution in [0.25, 0.3) is 10.1 Å². The molecule has 0 aliphatic carbocycles. The van der Waals surface area contributed by atoms with Crippen molar-refractivity contribution in [3.8, 4) is 0 Å². The highest BCUT2D eigenvalue weighted by molar-refractivity contribution is 7.21. The number of hydrogen-bond acceptors (Lipinski definition) is 3. The fourth-order valence-corrected chi connectivity index (χ4v) is 3.29. The van der Waals surface area contributed by atoms with E-state index in [9.17, 15) is 4.79 Å². The van der Waals surface area contributed by atoms with Crippen LogP contribution in [0.4, 0.5) is 0 Å². The van der Waals surface area contributed by atoms with Crippen molar-refractivity contribution in [2.24, 2.45) is 0 Å². The van der Waals surface area contributed by atoms with E-state index in [1.807, 2.05) is 30.5 Å². The van der Waals surface area contributed by atoms with Gasteiger partial charge >= 0.3 is 0 Å². The van der Waals surface area contributed by atoms with E-state index in [1.54, 1.807) is 0 Å². The van der Waals surface area contributed by atoms with Crippen molar-refractivity contribution in [2.45, 2.75) is 26.7 Å². The van der Waals surface area contributed by atoms with Gasteiger partial charge in [0.15, 0.2) is 0 Å². The lowest BCUT2D eigenvalue weighted by Crippen LogP contribution is -2.33.